The molecule has 1 unspecified atom stereocenters. The highest BCUT2D eigenvalue weighted by Crippen LogP contribution is 2.36. The van der Waals surface area contributed by atoms with Gasteiger partial charge < -0.3 is 19.1 Å². The molecule has 2 aromatic rings. The Morgan fingerprint density at radius 3 is 3.08 bits per heavy atom. The number of ether oxygens (including phenoxy) is 3. The molecular formula is C20H25N3O3. The van der Waals surface area contributed by atoms with Gasteiger partial charge in [-0.05, 0) is 32.6 Å². The molecule has 4 rings (SSSR count). The van der Waals surface area contributed by atoms with E-state index in [4.69, 9.17) is 14.2 Å². The van der Waals surface area contributed by atoms with Gasteiger partial charge in [0.1, 0.15) is 11.9 Å². The van der Waals surface area contributed by atoms with Crippen molar-refractivity contribution in [3.05, 3.63) is 47.8 Å². The summed E-state index contributed by atoms with van der Waals surface area (Å²) in [6, 6.07) is 10.1. The molecule has 0 spiro atoms. The third-order valence-electron chi connectivity index (χ3n) is 4.67. The Morgan fingerprint density at radius 1 is 1.27 bits per heavy atom. The lowest BCUT2D eigenvalue weighted by Crippen LogP contribution is -2.24. The predicted octanol–water partition coefficient (Wildman–Crippen LogP) is 2.53. The molecule has 0 N–H and O–H groups in total. The quantitative estimate of drug-likeness (QED) is 0.794. The van der Waals surface area contributed by atoms with Crippen LogP contribution in [0.25, 0.3) is 0 Å². The van der Waals surface area contributed by atoms with Crippen LogP contribution >= 0.6 is 0 Å². The fourth-order valence-corrected chi connectivity index (χ4v) is 3.53. The first kappa shape index (κ1) is 17.1. The van der Waals surface area contributed by atoms with Gasteiger partial charge >= 0.3 is 0 Å². The molecule has 3 heterocycles. The third-order valence-corrected chi connectivity index (χ3v) is 4.67. The van der Waals surface area contributed by atoms with Crippen LogP contribution in [0, 0.1) is 0 Å². The van der Waals surface area contributed by atoms with E-state index >= 15 is 0 Å². The molecule has 138 valence electrons. The highest BCUT2D eigenvalue weighted by atomic mass is 16.7. The normalized spacial score (nSPS) is 19.3. The minimum absolute atomic E-state index is 0.207. The van der Waals surface area contributed by atoms with E-state index in [1.54, 1.807) is 0 Å². The lowest BCUT2D eigenvalue weighted by Gasteiger charge is -2.18. The van der Waals surface area contributed by atoms with Gasteiger partial charge in [-0.2, -0.15) is 0 Å². The van der Waals surface area contributed by atoms with Crippen molar-refractivity contribution >= 4 is 0 Å². The summed E-state index contributed by atoms with van der Waals surface area (Å²) in [5, 5.41) is 0. The van der Waals surface area contributed by atoms with Crippen molar-refractivity contribution in [2.45, 2.75) is 25.6 Å². The van der Waals surface area contributed by atoms with Crippen molar-refractivity contribution in [1.82, 2.24) is 14.8 Å². The molecule has 0 saturated carbocycles. The average molecular weight is 355 g/mol. The van der Waals surface area contributed by atoms with Crippen molar-refractivity contribution in [1.29, 1.82) is 0 Å². The Balaban J connectivity index is 1.35. The molecule has 1 aromatic heterocycles. The van der Waals surface area contributed by atoms with Crippen molar-refractivity contribution in [2.24, 2.45) is 0 Å². The molecule has 0 radical (unpaired) electrons. The maximum absolute atomic E-state index is 6.20. The van der Waals surface area contributed by atoms with E-state index in [9.17, 15) is 0 Å². The molecule has 1 fully saturated rings. The Hall–Kier alpha value is -2.31. The number of pyridine rings is 1. The Morgan fingerprint density at radius 2 is 2.19 bits per heavy atom. The van der Waals surface area contributed by atoms with E-state index in [-0.39, 0.29) is 6.10 Å². The van der Waals surface area contributed by atoms with Gasteiger partial charge in [0.2, 0.25) is 6.79 Å². The van der Waals surface area contributed by atoms with Crippen molar-refractivity contribution in [3.8, 4) is 17.2 Å². The molecule has 0 aliphatic carbocycles. The van der Waals surface area contributed by atoms with Crippen LogP contribution in [0.2, 0.25) is 0 Å². The molecule has 2 aliphatic heterocycles. The summed E-state index contributed by atoms with van der Waals surface area (Å²) >= 11 is 0. The highest BCUT2D eigenvalue weighted by molar-refractivity contribution is 5.48. The second kappa shape index (κ2) is 7.51. The number of fused-ring (bicyclic) bond motifs is 1. The molecular weight excluding hydrogens is 330 g/mol. The Bertz CT molecular complexity index is 766. The Labute approximate surface area is 154 Å². The molecule has 6 heteroatoms. The van der Waals surface area contributed by atoms with Gasteiger partial charge in [0.25, 0.3) is 0 Å². The molecule has 0 bridgehead atoms. The summed E-state index contributed by atoms with van der Waals surface area (Å²) in [4.78, 5) is 8.91. The first-order valence-electron chi connectivity index (χ1n) is 9.03. The van der Waals surface area contributed by atoms with Gasteiger partial charge in [-0.3, -0.25) is 9.88 Å². The number of hydrogen-bond donors (Lipinski definition) is 0. The summed E-state index contributed by atoms with van der Waals surface area (Å²) < 4.78 is 17.3. The summed E-state index contributed by atoms with van der Waals surface area (Å²) in [7, 11) is 4.08. The maximum atomic E-state index is 6.20. The predicted molar refractivity (Wildman–Crippen MR) is 98.5 cm³/mol. The maximum Gasteiger partial charge on any atom is 0.231 e. The minimum atomic E-state index is 0.207. The van der Waals surface area contributed by atoms with Crippen molar-refractivity contribution in [2.75, 3.05) is 34.0 Å². The number of nitrogens with zero attached hydrogens (tertiary/aromatic N) is 3. The zero-order valence-electron chi connectivity index (χ0n) is 15.4. The number of para-hydroxylation sites is 1. The van der Waals surface area contributed by atoms with Gasteiger partial charge in [-0.25, -0.2) is 0 Å². The van der Waals surface area contributed by atoms with E-state index < -0.39 is 0 Å². The topological polar surface area (TPSA) is 47.1 Å². The van der Waals surface area contributed by atoms with Crippen LogP contribution in [0.1, 0.15) is 17.7 Å². The molecule has 1 atom stereocenters. The first-order chi connectivity index (χ1) is 12.7. The number of benzene rings is 1. The van der Waals surface area contributed by atoms with E-state index in [1.807, 2.05) is 44.6 Å². The molecule has 1 saturated heterocycles. The molecule has 26 heavy (non-hydrogen) atoms. The van der Waals surface area contributed by atoms with Crippen molar-refractivity contribution in [3.63, 3.8) is 0 Å². The number of likely N-dealkylation sites (tertiary alicyclic amines) is 1. The summed E-state index contributed by atoms with van der Waals surface area (Å²) in [5.74, 6) is 2.64. The van der Waals surface area contributed by atoms with Crippen molar-refractivity contribution < 1.29 is 14.2 Å². The fraction of sp³-hybridized carbons (Fsp3) is 0.450. The average Bonchev–Trinajstić information content (AvgIpc) is 3.24. The summed E-state index contributed by atoms with van der Waals surface area (Å²) in [6.45, 7) is 3.92. The highest BCUT2D eigenvalue weighted by Gasteiger charge is 2.26. The molecule has 2 aliphatic rings. The second-order valence-corrected chi connectivity index (χ2v) is 7.14. The van der Waals surface area contributed by atoms with Gasteiger partial charge in [-0.15, -0.1) is 0 Å². The van der Waals surface area contributed by atoms with E-state index in [2.05, 4.69) is 20.9 Å². The molecule has 0 amide bonds. The van der Waals surface area contributed by atoms with Crippen LogP contribution < -0.4 is 14.2 Å². The molecule has 1 aromatic carbocycles. The SMILES string of the molecule is CN(C)Cc1cc(OC2CCN(Cc3cccc4c3OCO4)C2)ccn1. The zero-order valence-corrected chi connectivity index (χ0v) is 15.4. The van der Waals surface area contributed by atoms with E-state index in [0.717, 1.165) is 55.5 Å². The smallest absolute Gasteiger partial charge is 0.231 e. The van der Waals surface area contributed by atoms with Crippen LogP contribution in [0.15, 0.2) is 36.5 Å². The number of rotatable bonds is 6. The van der Waals surface area contributed by atoms with Gasteiger partial charge in [0.15, 0.2) is 11.5 Å². The fourth-order valence-electron chi connectivity index (χ4n) is 3.53. The van der Waals surface area contributed by atoms with Crippen LogP contribution in [-0.2, 0) is 13.1 Å². The Kier molecular flexibility index (Phi) is 4.95. The van der Waals surface area contributed by atoms with Crippen LogP contribution in [0.4, 0.5) is 0 Å². The third kappa shape index (κ3) is 3.92. The molecule has 6 nitrogen and oxygen atoms in total. The minimum Gasteiger partial charge on any atom is -0.489 e. The van der Waals surface area contributed by atoms with Crippen LogP contribution in [0.3, 0.4) is 0 Å². The van der Waals surface area contributed by atoms with E-state index in [1.165, 1.54) is 5.56 Å². The number of hydrogen-bond acceptors (Lipinski definition) is 6. The summed E-state index contributed by atoms with van der Waals surface area (Å²) in [6.07, 6.45) is 3.06. The lowest BCUT2D eigenvalue weighted by atomic mass is 10.2. The second-order valence-electron chi connectivity index (χ2n) is 7.14. The van der Waals surface area contributed by atoms with Crippen LogP contribution in [0.5, 0.6) is 17.2 Å². The monoisotopic (exact) mass is 355 g/mol. The number of aromatic nitrogens is 1. The van der Waals surface area contributed by atoms with Gasteiger partial charge in [-0.1, -0.05) is 12.1 Å². The lowest BCUT2D eigenvalue weighted by molar-refractivity contribution is 0.171. The van der Waals surface area contributed by atoms with Gasteiger partial charge in [0.05, 0.1) is 5.69 Å². The van der Waals surface area contributed by atoms with Crippen LogP contribution in [-0.4, -0.2) is 54.9 Å². The van der Waals surface area contributed by atoms with E-state index in [0.29, 0.717) is 6.79 Å². The van der Waals surface area contributed by atoms with Gasteiger partial charge in [0, 0.05) is 44.0 Å². The standard InChI is InChI=1S/C20H25N3O3/c1-22(2)12-16-10-17(6-8-21-16)26-18-7-9-23(13-18)11-15-4-3-5-19-20(15)25-14-24-19/h3-6,8,10,18H,7,9,11-14H2,1-2H3. The summed E-state index contributed by atoms with van der Waals surface area (Å²) in [5.41, 5.74) is 2.21. The first-order valence-corrected chi connectivity index (χ1v) is 9.03. The zero-order chi connectivity index (χ0) is 17.9. The largest absolute Gasteiger partial charge is 0.489 e.